The van der Waals surface area contributed by atoms with Gasteiger partial charge in [-0.15, -0.1) is 0 Å². The second kappa shape index (κ2) is 5.98. The first-order valence-electron chi connectivity index (χ1n) is 4.61. The number of likely N-dealkylation sites (N-methyl/N-ethyl adjacent to an activating group) is 1. The number of rotatable bonds is 6. The highest BCUT2D eigenvalue weighted by atomic mass is 16.5. The maximum absolute atomic E-state index is 10.2. The summed E-state index contributed by atoms with van der Waals surface area (Å²) in [6.07, 6.45) is 3.45. The van der Waals surface area contributed by atoms with Crippen molar-refractivity contribution >= 4 is 11.7 Å². The molecule has 0 radical (unpaired) electrons. The number of ether oxygens (including phenoxy) is 1. The third-order valence-electron chi connectivity index (χ3n) is 1.88. The summed E-state index contributed by atoms with van der Waals surface area (Å²) in [5.41, 5.74) is 0.983. The molecule has 0 bridgehead atoms. The van der Waals surface area contributed by atoms with E-state index in [2.05, 4.69) is 4.98 Å². The predicted octanol–water partition coefficient (Wildman–Crippen LogP) is 0.619. The number of anilines is 1. The Morgan fingerprint density at radius 3 is 3.07 bits per heavy atom. The summed E-state index contributed by atoms with van der Waals surface area (Å²) >= 11 is 0. The first-order valence-corrected chi connectivity index (χ1v) is 4.61. The fourth-order valence-corrected chi connectivity index (χ4v) is 1.07. The molecule has 1 rings (SSSR count). The Kier molecular flexibility index (Phi) is 4.56. The van der Waals surface area contributed by atoms with Gasteiger partial charge in [-0.25, -0.2) is 4.79 Å². The van der Waals surface area contributed by atoms with Gasteiger partial charge in [-0.3, -0.25) is 4.98 Å². The van der Waals surface area contributed by atoms with Crippen LogP contribution >= 0.6 is 0 Å². The van der Waals surface area contributed by atoms with E-state index in [1.165, 1.54) is 0 Å². The van der Waals surface area contributed by atoms with E-state index in [4.69, 9.17) is 9.84 Å². The van der Waals surface area contributed by atoms with Gasteiger partial charge in [-0.1, -0.05) is 0 Å². The van der Waals surface area contributed by atoms with Crippen LogP contribution in [0.25, 0.3) is 0 Å². The molecule has 0 aliphatic rings. The lowest BCUT2D eigenvalue weighted by Crippen LogP contribution is -2.23. The summed E-state index contributed by atoms with van der Waals surface area (Å²) in [7, 11) is 1.90. The van der Waals surface area contributed by atoms with Crippen molar-refractivity contribution in [1.29, 1.82) is 0 Å². The SMILES string of the molecule is CN(CCOCC(=O)O)c1cccnc1. The number of nitrogens with zero attached hydrogens (tertiary/aromatic N) is 2. The van der Waals surface area contributed by atoms with Crippen molar-refractivity contribution < 1.29 is 14.6 Å². The molecule has 0 spiro atoms. The molecule has 0 amide bonds. The Hall–Kier alpha value is -1.62. The van der Waals surface area contributed by atoms with Gasteiger partial charge < -0.3 is 14.7 Å². The lowest BCUT2D eigenvalue weighted by Gasteiger charge is -2.18. The van der Waals surface area contributed by atoms with Gasteiger partial charge in [0.2, 0.25) is 0 Å². The number of carboxylic acid groups (broad SMARTS) is 1. The minimum Gasteiger partial charge on any atom is -0.480 e. The Bertz CT molecular complexity index is 303. The van der Waals surface area contributed by atoms with Crippen LogP contribution < -0.4 is 4.90 Å². The molecule has 1 heterocycles. The molecule has 5 nitrogen and oxygen atoms in total. The van der Waals surface area contributed by atoms with Gasteiger partial charge in [0.1, 0.15) is 6.61 Å². The van der Waals surface area contributed by atoms with Crippen LogP contribution in [-0.2, 0) is 9.53 Å². The third kappa shape index (κ3) is 4.42. The molecule has 5 heteroatoms. The standard InChI is InChI=1S/C10H14N2O3/c1-12(5-6-15-8-10(13)14)9-3-2-4-11-7-9/h2-4,7H,5-6,8H2,1H3,(H,13,14). The van der Waals surface area contributed by atoms with Gasteiger partial charge in [-0.05, 0) is 12.1 Å². The van der Waals surface area contributed by atoms with Crippen molar-refractivity contribution in [3.8, 4) is 0 Å². The molecule has 0 aliphatic heterocycles. The highest BCUT2D eigenvalue weighted by Gasteiger charge is 2.01. The Morgan fingerprint density at radius 1 is 1.67 bits per heavy atom. The Balaban J connectivity index is 2.25. The molecule has 0 saturated heterocycles. The number of hydrogen-bond donors (Lipinski definition) is 1. The van der Waals surface area contributed by atoms with Crippen LogP contribution in [0.2, 0.25) is 0 Å². The van der Waals surface area contributed by atoms with E-state index in [9.17, 15) is 4.79 Å². The van der Waals surface area contributed by atoms with Crippen molar-refractivity contribution in [2.45, 2.75) is 0 Å². The second-order valence-electron chi connectivity index (χ2n) is 3.08. The molecule has 0 atom stereocenters. The minimum absolute atomic E-state index is 0.249. The van der Waals surface area contributed by atoms with E-state index in [0.29, 0.717) is 13.2 Å². The topological polar surface area (TPSA) is 62.7 Å². The molecule has 15 heavy (non-hydrogen) atoms. The monoisotopic (exact) mass is 210 g/mol. The smallest absolute Gasteiger partial charge is 0.329 e. The highest BCUT2D eigenvalue weighted by molar-refractivity contribution is 5.67. The zero-order valence-electron chi connectivity index (χ0n) is 8.59. The fraction of sp³-hybridized carbons (Fsp3) is 0.400. The summed E-state index contributed by atoms with van der Waals surface area (Å²) in [5.74, 6) is -0.945. The molecule has 0 aromatic carbocycles. The van der Waals surface area contributed by atoms with E-state index < -0.39 is 5.97 Å². The largest absolute Gasteiger partial charge is 0.480 e. The van der Waals surface area contributed by atoms with Crippen LogP contribution in [0.1, 0.15) is 0 Å². The molecular weight excluding hydrogens is 196 g/mol. The molecular formula is C10H14N2O3. The van der Waals surface area contributed by atoms with E-state index in [1.54, 1.807) is 12.4 Å². The van der Waals surface area contributed by atoms with Crippen molar-refractivity contribution in [2.24, 2.45) is 0 Å². The predicted molar refractivity (Wildman–Crippen MR) is 56.0 cm³/mol. The van der Waals surface area contributed by atoms with Gasteiger partial charge in [0, 0.05) is 19.8 Å². The quantitative estimate of drug-likeness (QED) is 0.697. The third-order valence-corrected chi connectivity index (χ3v) is 1.88. The average Bonchev–Trinajstić information content (AvgIpc) is 2.25. The second-order valence-corrected chi connectivity index (χ2v) is 3.08. The van der Waals surface area contributed by atoms with Crippen molar-refractivity contribution in [3.05, 3.63) is 24.5 Å². The fourth-order valence-electron chi connectivity index (χ4n) is 1.07. The number of hydrogen-bond acceptors (Lipinski definition) is 4. The molecule has 1 aromatic rings. The molecule has 0 saturated carbocycles. The molecule has 0 aliphatic carbocycles. The van der Waals surface area contributed by atoms with Gasteiger partial charge in [0.15, 0.2) is 0 Å². The maximum atomic E-state index is 10.2. The van der Waals surface area contributed by atoms with E-state index >= 15 is 0 Å². The Morgan fingerprint density at radius 2 is 2.47 bits per heavy atom. The van der Waals surface area contributed by atoms with Crippen molar-refractivity contribution in [2.75, 3.05) is 31.7 Å². The number of aliphatic carboxylic acids is 1. The number of carbonyl (C=O) groups is 1. The molecule has 1 N–H and O–H groups in total. The van der Waals surface area contributed by atoms with E-state index in [-0.39, 0.29) is 6.61 Å². The normalized spacial score (nSPS) is 9.93. The molecule has 1 aromatic heterocycles. The van der Waals surface area contributed by atoms with Gasteiger partial charge >= 0.3 is 5.97 Å². The van der Waals surface area contributed by atoms with Crippen molar-refractivity contribution in [1.82, 2.24) is 4.98 Å². The highest BCUT2D eigenvalue weighted by Crippen LogP contribution is 2.07. The number of carboxylic acids is 1. The summed E-state index contributed by atoms with van der Waals surface area (Å²) in [5, 5.41) is 8.35. The minimum atomic E-state index is -0.945. The first-order chi connectivity index (χ1) is 7.20. The van der Waals surface area contributed by atoms with Crippen LogP contribution in [0.15, 0.2) is 24.5 Å². The lowest BCUT2D eigenvalue weighted by atomic mass is 10.4. The molecule has 0 fully saturated rings. The van der Waals surface area contributed by atoms with Gasteiger partial charge in [0.05, 0.1) is 18.5 Å². The summed E-state index contributed by atoms with van der Waals surface area (Å²) in [6, 6.07) is 3.79. The van der Waals surface area contributed by atoms with E-state index in [0.717, 1.165) is 5.69 Å². The summed E-state index contributed by atoms with van der Waals surface area (Å²) in [6.45, 7) is 0.775. The van der Waals surface area contributed by atoms with Crippen LogP contribution in [0.5, 0.6) is 0 Å². The maximum Gasteiger partial charge on any atom is 0.329 e. The molecule has 82 valence electrons. The van der Waals surface area contributed by atoms with Crippen LogP contribution in [0.4, 0.5) is 5.69 Å². The van der Waals surface area contributed by atoms with Crippen LogP contribution in [0.3, 0.4) is 0 Å². The molecule has 0 unspecified atom stereocenters. The number of aromatic nitrogens is 1. The van der Waals surface area contributed by atoms with Crippen molar-refractivity contribution in [3.63, 3.8) is 0 Å². The van der Waals surface area contributed by atoms with Gasteiger partial charge in [0.25, 0.3) is 0 Å². The average molecular weight is 210 g/mol. The lowest BCUT2D eigenvalue weighted by molar-refractivity contribution is -0.142. The summed E-state index contributed by atoms with van der Waals surface area (Å²) in [4.78, 5) is 16.1. The van der Waals surface area contributed by atoms with Crippen LogP contribution in [-0.4, -0.2) is 42.9 Å². The van der Waals surface area contributed by atoms with Gasteiger partial charge in [-0.2, -0.15) is 0 Å². The van der Waals surface area contributed by atoms with E-state index in [1.807, 2.05) is 24.1 Å². The zero-order valence-corrected chi connectivity index (χ0v) is 8.59. The Labute approximate surface area is 88.3 Å². The summed E-state index contributed by atoms with van der Waals surface area (Å²) < 4.78 is 4.93. The first kappa shape index (κ1) is 11.5. The zero-order chi connectivity index (χ0) is 11.1. The van der Waals surface area contributed by atoms with Crippen LogP contribution in [0, 0.1) is 0 Å². The number of pyridine rings is 1.